The number of aromatic nitrogens is 4. The number of H-pyrrole nitrogens is 1. The number of hydrogen-bond acceptors (Lipinski definition) is 3. The first kappa shape index (κ1) is 12.9. The topological polar surface area (TPSA) is 58.5 Å². The molecule has 0 atom stereocenters. The van der Waals surface area contributed by atoms with Gasteiger partial charge in [0.15, 0.2) is 5.82 Å². The van der Waals surface area contributed by atoms with E-state index in [4.69, 9.17) is 11.6 Å². The lowest BCUT2D eigenvalue weighted by atomic mass is 10.2. The van der Waals surface area contributed by atoms with Gasteiger partial charge in [-0.15, -0.1) is 0 Å². The quantitative estimate of drug-likeness (QED) is 0.598. The van der Waals surface area contributed by atoms with Crippen LogP contribution in [0.25, 0.3) is 16.7 Å². The number of anilines is 2. The lowest BCUT2D eigenvalue weighted by Gasteiger charge is -2.09. The van der Waals surface area contributed by atoms with Gasteiger partial charge >= 0.3 is 0 Å². The van der Waals surface area contributed by atoms with Crippen molar-refractivity contribution in [1.29, 1.82) is 0 Å². The fourth-order valence-electron chi connectivity index (χ4n) is 2.40. The summed E-state index contributed by atoms with van der Waals surface area (Å²) in [6.07, 6.45) is 5.47. The molecule has 22 heavy (non-hydrogen) atoms. The van der Waals surface area contributed by atoms with Crippen molar-refractivity contribution in [2.45, 2.75) is 0 Å². The maximum absolute atomic E-state index is 6.16. The van der Waals surface area contributed by atoms with E-state index in [0.29, 0.717) is 5.02 Å². The van der Waals surface area contributed by atoms with E-state index in [1.165, 1.54) is 0 Å². The molecule has 6 heteroatoms. The monoisotopic (exact) mass is 309 g/mol. The van der Waals surface area contributed by atoms with Gasteiger partial charge in [0, 0.05) is 34.5 Å². The van der Waals surface area contributed by atoms with Crippen LogP contribution in [0.15, 0.2) is 61.1 Å². The van der Waals surface area contributed by atoms with Gasteiger partial charge in [-0.3, -0.25) is 0 Å². The molecule has 0 radical (unpaired) electrons. The van der Waals surface area contributed by atoms with Crippen molar-refractivity contribution in [3.63, 3.8) is 0 Å². The standard InChI is InChI=1S/C16H12ClN5/c17-11-9-13-12(5-7-18-13)14(10-11)20-15-3-1-4-16(21-15)22-8-2-6-19-22/h1-10,18H,(H,20,21). The average molecular weight is 310 g/mol. The van der Waals surface area contributed by atoms with E-state index >= 15 is 0 Å². The first-order chi connectivity index (χ1) is 10.8. The molecule has 0 saturated heterocycles. The smallest absolute Gasteiger partial charge is 0.155 e. The highest BCUT2D eigenvalue weighted by molar-refractivity contribution is 6.31. The van der Waals surface area contributed by atoms with Crippen LogP contribution in [0.2, 0.25) is 5.02 Å². The lowest BCUT2D eigenvalue weighted by molar-refractivity contribution is 0.848. The minimum Gasteiger partial charge on any atom is -0.361 e. The summed E-state index contributed by atoms with van der Waals surface area (Å²) in [5, 5.41) is 9.24. The van der Waals surface area contributed by atoms with Crippen LogP contribution in [-0.4, -0.2) is 19.7 Å². The Balaban J connectivity index is 1.74. The first-order valence-corrected chi connectivity index (χ1v) is 7.18. The fraction of sp³-hybridized carbons (Fsp3) is 0. The van der Waals surface area contributed by atoms with Crippen molar-refractivity contribution in [2.75, 3.05) is 5.32 Å². The fourth-order valence-corrected chi connectivity index (χ4v) is 2.62. The van der Waals surface area contributed by atoms with E-state index in [2.05, 4.69) is 20.4 Å². The normalized spacial score (nSPS) is 11.0. The molecule has 0 aliphatic carbocycles. The SMILES string of the molecule is Clc1cc(Nc2cccc(-n3cccn3)n2)c2cc[nH]c2c1. The minimum atomic E-state index is 0.667. The molecule has 2 N–H and O–H groups in total. The molecule has 3 heterocycles. The van der Waals surface area contributed by atoms with E-state index in [9.17, 15) is 0 Å². The third-order valence-corrected chi connectivity index (χ3v) is 3.59. The van der Waals surface area contributed by atoms with E-state index in [1.807, 2.05) is 54.9 Å². The molecule has 3 aromatic heterocycles. The molecule has 108 valence electrons. The second kappa shape index (κ2) is 5.20. The number of benzene rings is 1. The number of aromatic amines is 1. The zero-order chi connectivity index (χ0) is 14.9. The van der Waals surface area contributed by atoms with Gasteiger partial charge in [-0.1, -0.05) is 17.7 Å². The second-order valence-corrected chi connectivity index (χ2v) is 5.29. The van der Waals surface area contributed by atoms with Crippen LogP contribution < -0.4 is 5.32 Å². The van der Waals surface area contributed by atoms with Gasteiger partial charge in [0.2, 0.25) is 0 Å². The summed E-state index contributed by atoms with van der Waals surface area (Å²) in [4.78, 5) is 7.73. The first-order valence-electron chi connectivity index (χ1n) is 6.80. The van der Waals surface area contributed by atoms with Crippen molar-refractivity contribution >= 4 is 34.0 Å². The summed E-state index contributed by atoms with van der Waals surface area (Å²) in [5.74, 6) is 1.49. The third kappa shape index (κ3) is 2.31. The molecule has 0 unspecified atom stereocenters. The Morgan fingerprint density at radius 1 is 1.14 bits per heavy atom. The largest absolute Gasteiger partial charge is 0.361 e. The molecule has 0 aliphatic rings. The highest BCUT2D eigenvalue weighted by atomic mass is 35.5. The molecule has 5 nitrogen and oxygen atoms in total. The summed E-state index contributed by atoms with van der Waals surface area (Å²) >= 11 is 6.16. The van der Waals surface area contributed by atoms with Crippen LogP contribution >= 0.6 is 11.6 Å². The van der Waals surface area contributed by atoms with Gasteiger partial charge in [0.1, 0.15) is 5.82 Å². The predicted molar refractivity (Wildman–Crippen MR) is 88.0 cm³/mol. The van der Waals surface area contributed by atoms with Gasteiger partial charge in [-0.2, -0.15) is 5.10 Å². The molecular weight excluding hydrogens is 298 g/mol. The zero-order valence-electron chi connectivity index (χ0n) is 11.5. The maximum atomic E-state index is 6.16. The van der Waals surface area contributed by atoms with Crippen LogP contribution in [0.4, 0.5) is 11.5 Å². The van der Waals surface area contributed by atoms with Crippen LogP contribution in [0.3, 0.4) is 0 Å². The van der Waals surface area contributed by atoms with E-state index in [-0.39, 0.29) is 0 Å². The van der Waals surface area contributed by atoms with Crippen molar-refractivity contribution in [3.05, 3.63) is 66.1 Å². The number of hydrogen-bond donors (Lipinski definition) is 2. The Morgan fingerprint density at radius 3 is 2.95 bits per heavy atom. The number of pyridine rings is 1. The molecule has 4 rings (SSSR count). The van der Waals surface area contributed by atoms with Crippen molar-refractivity contribution in [1.82, 2.24) is 19.7 Å². The molecule has 0 aliphatic heterocycles. The van der Waals surface area contributed by atoms with Gasteiger partial charge in [0.25, 0.3) is 0 Å². The third-order valence-electron chi connectivity index (χ3n) is 3.37. The summed E-state index contributed by atoms with van der Waals surface area (Å²) in [5.41, 5.74) is 1.90. The number of rotatable bonds is 3. The van der Waals surface area contributed by atoms with Gasteiger partial charge in [0.05, 0.1) is 5.69 Å². The van der Waals surface area contributed by atoms with Crippen molar-refractivity contribution < 1.29 is 0 Å². The molecule has 0 spiro atoms. The number of nitrogens with one attached hydrogen (secondary N) is 2. The highest BCUT2D eigenvalue weighted by Gasteiger charge is 2.06. The van der Waals surface area contributed by atoms with Crippen LogP contribution in [-0.2, 0) is 0 Å². The van der Waals surface area contributed by atoms with Crippen LogP contribution in [0, 0.1) is 0 Å². The average Bonchev–Trinajstić information content (AvgIpc) is 3.18. The van der Waals surface area contributed by atoms with Gasteiger partial charge in [-0.05, 0) is 36.4 Å². The highest BCUT2D eigenvalue weighted by Crippen LogP contribution is 2.29. The van der Waals surface area contributed by atoms with E-state index in [0.717, 1.165) is 28.2 Å². The molecule has 0 fully saturated rings. The van der Waals surface area contributed by atoms with Crippen molar-refractivity contribution in [2.24, 2.45) is 0 Å². The Labute approximate surface area is 131 Å². The Hall–Kier alpha value is -2.79. The summed E-state index contributed by atoms with van der Waals surface area (Å²) in [6.45, 7) is 0. The van der Waals surface area contributed by atoms with Crippen LogP contribution in [0.1, 0.15) is 0 Å². The van der Waals surface area contributed by atoms with E-state index < -0.39 is 0 Å². The Bertz CT molecular complexity index is 927. The minimum absolute atomic E-state index is 0.667. The number of halogens is 1. The molecular formula is C16H12ClN5. The summed E-state index contributed by atoms with van der Waals surface area (Å²) in [7, 11) is 0. The Morgan fingerprint density at radius 2 is 2.09 bits per heavy atom. The van der Waals surface area contributed by atoms with E-state index in [1.54, 1.807) is 10.9 Å². The van der Waals surface area contributed by atoms with Crippen LogP contribution in [0.5, 0.6) is 0 Å². The molecule has 0 saturated carbocycles. The number of nitrogens with zero attached hydrogens (tertiary/aromatic N) is 3. The second-order valence-electron chi connectivity index (χ2n) is 4.85. The maximum Gasteiger partial charge on any atom is 0.155 e. The van der Waals surface area contributed by atoms with Gasteiger partial charge in [-0.25, -0.2) is 9.67 Å². The summed E-state index contributed by atoms with van der Waals surface area (Å²) < 4.78 is 1.72. The zero-order valence-corrected chi connectivity index (χ0v) is 12.2. The summed E-state index contributed by atoms with van der Waals surface area (Å²) in [6, 6.07) is 13.4. The molecule has 0 amide bonds. The van der Waals surface area contributed by atoms with Crippen molar-refractivity contribution in [3.8, 4) is 5.82 Å². The number of fused-ring (bicyclic) bond motifs is 1. The van der Waals surface area contributed by atoms with Gasteiger partial charge < -0.3 is 10.3 Å². The molecule has 0 bridgehead atoms. The predicted octanol–water partition coefficient (Wildman–Crippen LogP) is 4.15. The molecule has 1 aromatic carbocycles. The Kier molecular flexibility index (Phi) is 3.05. The lowest BCUT2D eigenvalue weighted by Crippen LogP contribution is -2.01. The molecule has 4 aromatic rings.